The number of piperidine rings is 1. The molecule has 0 unspecified atom stereocenters. The van der Waals surface area contributed by atoms with Crippen molar-refractivity contribution in [3.8, 4) is 0 Å². The van der Waals surface area contributed by atoms with Crippen LogP contribution in [0.2, 0.25) is 0 Å². The van der Waals surface area contributed by atoms with Gasteiger partial charge >= 0.3 is 0 Å². The minimum Gasteiger partial charge on any atom is -0.378 e. The molecule has 2 rings (SSSR count). The summed E-state index contributed by atoms with van der Waals surface area (Å²) in [4.78, 5) is 2.50. The lowest BCUT2D eigenvalue weighted by atomic mass is 10.1. The number of nitrogens with zero attached hydrogens (tertiary/aromatic N) is 3. The Morgan fingerprint density at radius 3 is 2.58 bits per heavy atom. The molecule has 0 spiro atoms. The molecule has 1 aliphatic heterocycles. The summed E-state index contributed by atoms with van der Waals surface area (Å²) in [6.45, 7) is 11.2. The number of hydrogen-bond acceptors (Lipinski definition) is 3. The van der Waals surface area contributed by atoms with E-state index in [9.17, 15) is 0 Å². The molecule has 0 aliphatic carbocycles. The minimum atomic E-state index is 0.461. The number of likely N-dealkylation sites (tertiary alicyclic amines) is 1. The summed E-state index contributed by atoms with van der Waals surface area (Å²) >= 11 is 3.67. The molecule has 2 heterocycles. The molecule has 1 aromatic heterocycles. The van der Waals surface area contributed by atoms with Gasteiger partial charge in [-0.3, -0.25) is 9.58 Å². The van der Waals surface area contributed by atoms with Gasteiger partial charge in [0.1, 0.15) is 0 Å². The van der Waals surface area contributed by atoms with Crippen LogP contribution < -0.4 is 0 Å². The van der Waals surface area contributed by atoms with E-state index in [0.29, 0.717) is 6.10 Å². The number of ether oxygens (including phenoxy) is 1. The van der Waals surface area contributed by atoms with Crippen LogP contribution in [0.4, 0.5) is 0 Å². The molecule has 0 bridgehead atoms. The lowest BCUT2D eigenvalue weighted by Gasteiger charge is -2.31. The summed E-state index contributed by atoms with van der Waals surface area (Å²) < 4.78 is 8.97. The average Bonchev–Trinajstić information content (AvgIpc) is 2.69. The first kappa shape index (κ1) is 15.0. The summed E-state index contributed by atoms with van der Waals surface area (Å²) in [6, 6.07) is 0. The molecule has 0 N–H and O–H groups in total. The Balaban J connectivity index is 1.95. The predicted octanol–water partition coefficient (Wildman–Crippen LogP) is 2.97. The van der Waals surface area contributed by atoms with Gasteiger partial charge in [-0.25, -0.2) is 0 Å². The van der Waals surface area contributed by atoms with Gasteiger partial charge in [-0.15, -0.1) is 0 Å². The minimum absolute atomic E-state index is 0.461. The summed E-state index contributed by atoms with van der Waals surface area (Å²) in [5.41, 5.74) is 2.39. The van der Waals surface area contributed by atoms with E-state index in [1.807, 2.05) is 0 Å². The maximum absolute atomic E-state index is 5.70. The average molecular weight is 330 g/mol. The van der Waals surface area contributed by atoms with Crippen molar-refractivity contribution >= 4 is 15.9 Å². The Bertz CT molecular complexity index is 411. The van der Waals surface area contributed by atoms with Crippen molar-refractivity contribution in [1.29, 1.82) is 0 Å². The third-order valence-electron chi connectivity index (χ3n) is 3.76. The number of aromatic nitrogens is 2. The smallest absolute Gasteiger partial charge is 0.0739 e. The van der Waals surface area contributed by atoms with E-state index >= 15 is 0 Å². The van der Waals surface area contributed by atoms with Crippen molar-refractivity contribution in [3.05, 3.63) is 15.9 Å². The van der Waals surface area contributed by atoms with Crippen LogP contribution in [0.3, 0.4) is 0 Å². The predicted molar refractivity (Wildman–Crippen MR) is 80.3 cm³/mol. The van der Waals surface area contributed by atoms with Crippen LogP contribution in [0.15, 0.2) is 4.47 Å². The summed E-state index contributed by atoms with van der Waals surface area (Å²) in [5.74, 6) is 0. The fourth-order valence-corrected chi connectivity index (χ4v) is 3.11. The first-order valence-electron chi connectivity index (χ1n) is 7.21. The second-order valence-corrected chi connectivity index (χ2v) is 5.89. The van der Waals surface area contributed by atoms with Crippen LogP contribution >= 0.6 is 15.9 Å². The highest BCUT2D eigenvalue weighted by Crippen LogP contribution is 2.24. The zero-order chi connectivity index (χ0) is 13.8. The zero-order valence-electron chi connectivity index (χ0n) is 12.2. The molecule has 1 fully saturated rings. The second-order valence-electron chi connectivity index (χ2n) is 5.09. The normalized spacial score (nSPS) is 18.1. The molecule has 1 aromatic rings. The van der Waals surface area contributed by atoms with Crippen molar-refractivity contribution < 1.29 is 4.74 Å². The molecule has 0 atom stereocenters. The number of aryl methyl sites for hydroxylation is 2. The van der Waals surface area contributed by atoms with E-state index in [0.717, 1.165) is 51.3 Å². The molecule has 1 aliphatic rings. The SMILES string of the molecule is CCOC1CCN(Cc2c(Br)c(C)nn2CC)CC1. The van der Waals surface area contributed by atoms with E-state index in [1.54, 1.807) is 0 Å². The van der Waals surface area contributed by atoms with Gasteiger partial charge in [-0.1, -0.05) is 0 Å². The van der Waals surface area contributed by atoms with Crippen LogP contribution in [0.25, 0.3) is 0 Å². The fourth-order valence-electron chi connectivity index (χ4n) is 2.70. The summed E-state index contributed by atoms with van der Waals surface area (Å²) in [5, 5.41) is 4.56. The largest absolute Gasteiger partial charge is 0.378 e. The van der Waals surface area contributed by atoms with Gasteiger partial charge in [-0.2, -0.15) is 5.10 Å². The Labute approximate surface area is 124 Å². The molecule has 108 valence electrons. The molecule has 4 nitrogen and oxygen atoms in total. The highest BCUT2D eigenvalue weighted by molar-refractivity contribution is 9.10. The molecular weight excluding hydrogens is 306 g/mol. The third-order valence-corrected chi connectivity index (χ3v) is 4.79. The van der Waals surface area contributed by atoms with E-state index in [4.69, 9.17) is 4.74 Å². The molecule has 1 saturated heterocycles. The van der Waals surface area contributed by atoms with Gasteiger partial charge in [0, 0.05) is 32.8 Å². The number of hydrogen-bond donors (Lipinski definition) is 0. The highest BCUT2D eigenvalue weighted by Gasteiger charge is 2.22. The molecule has 0 radical (unpaired) electrons. The molecule has 0 amide bonds. The second kappa shape index (κ2) is 6.86. The van der Waals surface area contributed by atoms with E-state index < -0.39 is 0 Å². The monoisotopic (exact) mass is 329 g/mol. The van der Waals surface area contributed by atoms with Gasteiger partial charge in [0.15, 0.2) is 0 Å². The standard InChI is InChI=1S/C14H24BrN3O/c1-4-18-13(14(15)11(3)16-18)10-17-8-6-12(7-9-17)19-5-2/h12H,4-10H2,1-3H3. The maximum atomic E-state index is 5.70. The highest BCUT2D eigenvalue weighted by atomic mass is 79.9. The van der Waals surface area contributed by atoms with Crippen LogP contribution in [-0.4, -0.2) is 40.5 Å². The number of halogens is 1. The Hall–Kier alpha value is -0.390. The molecular formula is C14H24BrN3O. The maximum Gasteiger partial charge on any atom is 0.0739 e. The lowest BCUT2D eigenvalue weighted by molar-refractivity contribution is 0.0119. The molecule has 5 heteroatoms. The Kier molecular flexibility index (Phi) is 5.42. The van der Waals surface area contributed by atoms with Crippen LogP contribution in [0.5, 0.6) is 0 Å². The zero-order valence-corrected chi connectivity index (χ0v) is 13.7. The van der Waals surface area contributed by atoms with E-state index in [-0.39, 0.29) is 0 Å². The lowest BCUT2D eigenvalue weighted by Crippen LogP contribution is -2.37. The fraction of sp³-hybridized carbons (Fsp3) is 0.786. The topological polar surface area (TPSA) is 30.3 Å². The summed E-state index contributed by atoms with van der Waals surface area (Å²) in [7, 11) is 0. The van der Waals surface area contributed by atoms with Gasteiger partial charge in [0.05, 0.1) is 22.0 Å². The molecule has 0 saturated carbocycles. The van der Waals surface area contributed by atoms with Gasteiger partial charge in [0.25, 0.3) is 0 Å². The van der Waals surface area contributed by atoms with Crippen LogP contribution in [0, 0.1) is 6.92 Å². The van der Waals surface area contributed by atoms with Crippen molar-refractivity contribution in [2.45, 2.75) is 52.8 Å². The summed E-state index contributed by atoms with van der Waals surface area (Å²) in [6.07, 6.45) is 2.75. The molecule has 0 aromatic carbocycles. The first-order chi connectivity index (χ1) is 9.15. The Morgan fingerprint density at radius 2 is 2.00 bits per heavy atom. The van der Waals surface area contributed by atoms with E-state index in [2.05, 4.69) is 51.4 Å². The Morgan fingerprint density at radius 1 is 1.32 bits per heavy atom. The molecule has 19 heavy (non-hydrogen) atoms. The van der Waals surface area contributed by atoms with Crippen molar-refractivity contribution in [1.82, 2.24) is 14.7 Å². The van der Waals surface area contributed by atoms with Crippen molar-refractivity contribution in [3.63, 3.8) is 0 Å². The van der Waals surface area contributed by atoms with Crippen molar-refractivity contribution in [2.24, 2.45) is 0 Å². The number of rotatable bonds is 5. The van der Waals surface area contributed by atoms with Crippen molar-refractivity contribution in [2.75, 3.05) is 19.7 Å². The van der Waals surface area contributed by atoms with E-state index in [1.165, 1.54) is 10.2 Å². The van der Waals surface area contributed by atoms with Gasteiger partial charge in [0.2, 0.25) is 0 Å². The first-order valence-corrected chi connectivity index (χ1v) is 8.00. The van der Waals surface area contributed by atoms with Crippen LogP contribution in [0.1, 0.15) is 38.1 Å². The van der Waals surface area contributed by atoms with Gasteiger partial charge in [-0.05, 0) is 49.5 Å². The van der Waals surface area contributed by atoms with Crippen LogP contribution in [-0.2, 0) is 17.8 Å². The van der Waals surface area contributed by atoms with Gasteiger partial charge < -0.3 is 4.74 Å². The quantitative estimate of drug-likeness (QED) is 0.831. The third kappa shape index (κ3) is 3.58.